The summed E-state index contributed by atoms with van der Waals surface area (Å²) >= 11 is 0. The number of nitrogens with one attached hydrogen (secondary N) is 1. The number of hydrogen-bond acceptors (Lipinski definition) is 3. The van der Waals surface area contributed by atoms with Gasteiger partial charge < -0.3 is 0 Å². The third kappa shape index (κ3) is 3.25. The Kier molecular flexibility index (Phi) is 3.68. The van der Waals surface area contributed by atoms with Crippen LogP contribution in [0.2, 0.25) is 0 Å². The minimum absolute atomic E-state index is 0.154. The van der Waals surface area contributed by atoms with E-state index in [9.17, 15) is 8.42 Å². The fraction of sp³-hybridized carbons (Fsp3) is 0.250. The molecule has 0 bridgehead atoms. The van der Waals surface area contributed by atoms with Gasteiger partial charge in [-0.25, -0.2) is 13.1 Å². The summed E-state index contributed by atoms with van der Waals surface area (Å²) in [6.45, 7) is 1.58. The van der Waals surface area contributed by atoms with Crippen LogP contribution in [0.3, 0.4) is 0 Å². The van der Waals surface area contributed by atoms with Crippen molar-refractivity contribution in [3.05, 3.63) is 40.3 Å². The van der Waals surface area contributed by atoms with Gasteiger partial charge in [0.05, 0.1) is 11.6 Å². The molecule has 0 aromatic heterocycles. The SMILES string of the molecule is Cc1ccc(S(=O)(=O)NCN=[N+]=[N-])cc1. The lowest BCUT2D eigenvalue weighted by atomic mass is 10.2. The zero-order chi connectivity index (χ0) is 11.3. The molecule has 0 fully saturated rings. The van der Waals surface area contributed by atoms with Gasteiger partial charge in [0.1, 0.15) is 0 Å². The van der Waals surface area contributed by atoms with Crippen LogP contribution in [0.1, 0.15) is 5.56 Å². The van der Waals surface area contributed by atoms with E-state index in [0.29, 0.717) is 0 Å². The summed E-state index contributed by atoms with van der Waals surface area (Å²) in [4.78, 5) is 2.60. The highest BCUT2D eigenvalue weighted by atomic mass is 32.2. The van der Waals surface area contributed by atoms with E-state index in [0.717, 1.165) is 5.56 Å². The van der Waals surface area contributed by atoms with E-state index >= 15 is 0 Å². The van der Waals surface area contributed by atoms with Gasteiger partial charge in [-0.2, -0.15) is 0 Å². The lowest BCUT2D eigenvalue weighted by Crippen LogP contribution is -2.23. The van der Waals surface area contributed by atoms with Gasteiger partial charge >= 0.3 is 0 Å². The minimum Gasteiger partial charge on any atom is -0.207 e. The Hall–Kier alpha value is -1.56. The monoisotopic (exact) mass is 226 g/mol. The molecule has 0 unspecified atom stereocenters. The molecule has 0 heterocycles. The summed E-state index contributed by atoms with van der Waals surface area (Å²) in [5, 5.41) is 3.09. The first kappa shape index (κ1) is 11.5. The normalized spacial score (nSPS) is 10.7. The van der Waals surface area contributed by atoms with Crippen molar-refractivity contribution < 1.29 is 8.42 Å². The van der Waals surface area contributed by atoms with E-state index in [1.807, 2.05) is 6.92 Å². The van der Waals surface area contributed by atoms with Crippen molar-refractivity contribution in [3.63, 3.8) is 0 Å². The van der Waals surface area contributed by atoms with Crippen LogP contribution in [0.25, 0.3) is 10.4 Å². The van der Waals surface area contributed by atoms with Crippen LogP contribution in [0, 0.1) is 6.92 Å². The maximum Gasteiger partial charge on any atom is 0.240 e. The third-order valence-corrected chi connectivity index (χ3v) is 3.12. The van der Waals surface area contributed by atoms with Crippen LogP contribution in [-0.4, -0.2) is 15.1 Å². The molecular formula is C8H10N4O2S. The molecule has 0 amide bonds. The molecule has 0 spiro atoms. The number of benzene rings is 1. The standard InChI is InChI=1S/C8H10N4O2S/c1-7-2-4-8(5-3-7)15(13,14)11-6-10-12-9/h2-5,11H,6H2,1H3. The molecule has 0 saturated carbocycles. The average molecular weight is 226 g/mol. The lowest BCUT2D eigenvalue weighted by Gasteiger charge is -2.03. The number of rotatable bonds is 4. The molecule has 0 aliphatic rings. The summed E-state index contributed by atoms with van der Waals surface area (Å²) in [5.41, 5.74) is 8.97. The molecule has 15 heavy (non-hydrogen) atoms. The molecule has 0 saturated heterocycles. The molecule has 1 N–H and O–H groups in total. The molecular weight excluding hydrogens is 216 g/mol. The Balaban J connectivity index is 2.86. The smallest absolute Gasteiger partial charge is 0.207 e. The zero-order valence-corrected chi connectivity index (χ0v) is 8.90. The molecule has 0 aliphatic carbocycles. The molecule has 1 aromatic rings. The zero-order valence-electron chi connectivity index (χ0n) is 8.08. The van der Waals surface area contributed by atoms with Crippen molar-refractivity contribution in [1.29, 1.82) is 0 Å². The molecule has 1 rings (SSSR count). The van der Waals surface area contributed by atoms with Crippen molar-refractivity contribution in [2.75, 3.05) is 6.67 Å². The first-order valence-corrected chi connectivity index (χ1v) is 5.62. The van der Waals surface area contributed by atoms with Gasteiger partial charge in [-0.05, 0) is 24.6 Å². The number of nitrogens with zero attached hydrogens (tertiary/aromatic N) is 3. The van der Waals surface area contributed by atoms with Gasteiger partial charge in [0.2, 0.25) is 10.0 Å². The van der Waals surface area contributed by atoms with Gasteiger partial charge in [0, 0.05) is 4.91 Å². The summed E-state index contributed by atoms with van der Waals surface area (Å²) in [5.74, 6) is 0. The van der Waals surface area contributed by atoms with Gasteiger partial charge in [-0.3, -0.25) is 0 Å². The van der Waals surface area contributed by atoms with E-state index in [1.54, 1.807) is 12.1 Å². The summed E-state index contributed by atoms with van der Waals surface area (Å²) < 4.78 is 25.2. The van der Waals surface area contributed by atoms with Crippen LogP contribution in [0.15, 0.2) is 34.3 Å². The van der Waals surface area contributed by atoms with Crippen molar-refractivity contribution in [2.24, 2.45) is 5.11 Å². The highest BCUT2D eigenvalue weighted by Gasteiger charge is 2.11. The van der Waals surface area contributed by atoms with Crippen molar-refractivity contribution >= 4 is 10.0 Å². The second-order valence-corrected chi connectivity index (χ2v) is 4.62. The van der Waals surface area contributed by atoms with Crippen LogP contribution < -0.4 is 4.72 Å². The van der Waals surface area contributed by atoms with E-state index in [-0.39, 0.29) is 11.6 Å². The first-order chi connectivity index (χ1) is 7.06. The Labute approximate surface area is 87.6 Å². The summed E-state index contributed by atoms with van der Waals surface area (Å²) in [7, 11) is -3.56. The van der Waals surface area contributed by atoms with Gasteiger partial charge in [0.25, 0.3) is 0 Å². The topological polar surface area (TPSA) is 94.9 Å². The molecule has 7 heteroatoms. The Morgan fingerprint density at radius 2 is 2.00 bits per heavy atom. The number of azide groups is 1. The Bertz CT molecular complexity index is 474. The summed E-state index contributed by atoms with van der Waals surface area (Å²) in [6, 6.07) is 6.38. The van der Waals surface area contributed by atoms with E-state index in [1.165, 1.54) is 12.1 Å². The first-order valence-electron chi connectivity index (χ1n) is 4.13. The second-order valence-electron chi connectivity index (χ2n) is 2.85. The minimum atomic E-state index is -3.56. The quantitative estimate of drug-likeness (QED) is 0.479. The fourth-order valence-corrected chi connectivity index (χ4v) is 1.83. The van der Waals surface area contributed by atoms with Gasteiger partial charge in [-0.15, -0.1) is 0 Å². The van der Waals surface area contributed by atoms with Crippen molar-refractivity contribution in [2.45, 2.75) is 11.8 Å². The molecule has 1 aromatic carbocycles. The number of aryl methyl sites for hydroxylation is 1. The van der Waals surface area contributed by atoms with Crippen molar-refractivity contribution in [1.82, 2.24) is 4.72 Å². The molecule has 0 atom stereocenters. The largest absolute Gasteiger partial charge is 0.240 e. The van der Waals surface area contributed by atoms with Crippen LogP contribution in [-0.2, 0) is 10.0 Å². The molecule has 80 valence electrons. The number of hydrogen-bond donors (Lipinski definition) is 1. The van der Waals surface area contributed by atoms with Gasteiger partial charge in [0.15, 0.2) is 0 Å². The van der Waals surface area contributed by atoms with E-state index in [2.05, 4.69) is 14.7 Å². The summed E-state index contributed by atoms with van der Waals surface area (Å²) in [6.07, 6.45) is 0. The molecule has 0 aliphatic heterocycles. The number of sulfonamides is 1. The van der Waals surface area contributed by atoms with Crippen LogP contribution in [0.4, 0.5) is 0 Å². The maximum atomic E-state index is 11.5. The molecule has 6 nitrogen and oxygen atoms in total. The van der Waals surface area contributed by atoms with E-state index in [4.69, 9.17) is 5.53 Å². The highest BCUT2D eigenvalue weighted by Crippen LogP contribution is 2.09. The second kappa shape index (κ2) is 4.79. The van der Waals surface area contributed by atoms with E-state index < -0.39 is 10.0 Å². The predicted molar refractivity (Wildman–Crippen MR) is 55.5 cm³/mol. The highest BCUT2D eigenvalue weighted by molar-refractivity contribution is 7.89. The molecule has 0 radical (unpaired) electrons. The Morgan fingerprint density at radius 3 is 2.53 bits per heavy atom. The van der Waals surface area contributed by atoms with Gasteiger partial charge in [-0.1, -0.05) is 22.8 Å². The van der Waals surface area contributed by atoms with Crippen LogP contribution >= 0.6 is 0 Å². The third-order valence-electron chi connectivity index (χ3n) is 1.72. The van der Waals surface area contributed by atoms with Crippen molar-refractivity contribution in [3.8, 4) is 0 Å². The fourth-order valence-electron chi connectivity index (χ4n) is 0.946. The lowest BCUT2D eigenvalue weighted by molar-refractivity contribution is 0.582. The van der Waals surface area contributed by atoms with Crippen LogP contribution in [0.5, 0.6) is 0 Å². The average Bonchev–Trinajstić information content (AvgIpc) is 2.18. The Morgan fingerprint density at radius 1 is 1.40 bits per heavy atom. The maximum absolute atomic E-state index is 11.5. The predicted octanol–water partition coefficient (Wildman–Crippen LogP) is 1.54.